The Labute approximate surface area is 360 Å². The van der Waals surface area contributed by atoms with E-state index < -0.39 is 35.0 Å². The lowest BCUT2D eigenvalue weighted by molar-refractivity contribution is -0.173. The minimum atomic E-state index is -1.09. The van der Waals surface area contributed by atoms with Gasteiger partial charge in [0.05, 0.1) is 42.9 Å². The highest BCUT2D eigenvalue weighted by Gasteiger charge is 2.73. The summed E-state index contributed by atoms with van der Waals surface area (Å²) in [6, 6.07) is 12.0. The molecule has 9 rings (SSSR count). The van der Waals surface area contributed by atoms with Crippen LogP contribution in [-0.4, -0.2) is 188 Å². The maximum Gasteiger partial charge on any atom is 0.317 e. The van der Waals surface area contributed by atoms with Crippen molar-refractivity contribution >= 4 is 34.7 Å². The number of nitrogens with one attached hydrogen (secondary N) is 1. The molecule has 6 aliphatic rings. The van der Waals surface area contributed by atoms with Crippen molar-refractivity contribution < 1.29 is 49.4 Å². The van der Waals surface area contributed by atoms with Crippen LogP contribution in [0, 0.1) is 5.92 Å². The number of aliphatic carboxylic acids is 3. The number of likely N-dealkylation sites (tertiary alicyclic amines) is 1. The molecule has 1 saturated carbocycles. The highest BCUT2D eigenvalue weighted by molar-refractivity contribution is 5.87. The van der Waals surface area contributed by atoms with Crippen LogP contribution in [0.2, 0.25) is 0 Å². The molecule has 2 aromatic carbocycles. The number of rotatable bonds is 14. The smallest absolute Gasteiger partial charge is 0.317 e. The Hall–Kier alpha value is -4.78. The summed E-state index contributed by atoms with van der Waals surface area (Å²) in [5.74, 6) is -1.95. The molecule has 3 aliphatic carbocycles. The average Bonchev–Trinajstić information content (AvgIpc) is 3.89. The summed E-state index contributed by atoms with van der Waals surface area (Å²) >= 11 is 0. The third kappa shape index (κ3) is 7.91. The van der Waals surface area contributed by atoms with Crippen molar-refractivity contribution in [2.24, 2.45) is 5.92 Å². The van der Waals surface area contributed by atoms with Crippen LogP contribution in [0.15, 0.2) is 36.4 Å². The second kappa shape index (κ2) is 17.1. The van der Waals surface area contributed by atoms with Gasteiger partial charge in [-0.2, -0.15) is 0 Å². The predicted octanol–water partition coefficient (Wildman–Crippen LogP) is 1.03. The zero-order valence-corrected chi connectivity index (χ0v) is 35.2. The zero-order valence-electron chi connectivity index (χ0n) is 35.2. The molecule has 4 atom stereocenters. The molecule has 3 aromatic rings. The summed E-state index contributed by atoms with van der Waals surface area (Å²) in [5.41, 5.74) is 3.47. The van der Waals surface area contributed by atoms with Gasteiger partial charge in [0.15, 0.2) is 17.6 Å². The van der Waals surface area contributed by atoms with Crippen LogP contribution in [-0.2, 0) is 44.0 Å². The van der Waals surface area contributed by atoms with Gasteiger partial charge in [0.25, 0.3) is 0 Å². The van der Waals surface area contributed by atoms with E-state index in [-0.39, 0.29) is 43.9 Å². The number of para-hydroxylation sites is 1. The molecule has 3 fully saturated rings. The number of ether oxygens (including phenoxy) is 1. The number of carbonyl (C=O) groups excluding carboxylic acids is 1. The van der Waals surface area contributed by atoms with Crippen LogP contribution < -0.4 is 10.1 Å². The van der Waals surface area contributed by atoms with Crippen LogP contribution >= 0.6 is 0 Å². The van der Waals surface area contributed by atoms with Crippen molar-refractivity contribution in [3.63, 3.8) is 0 Å². The van der Waals surface area contributed by atoms with E-state index in [0.717, 1.165) is 52.8 Å². The van der Waals surface area contributed by atoms with Crippen molar-refractivity contribution in [1.82, 2.24) is 34.4 Å². The Morgan fingerprint density at radius 1 is 0.774 bits per heavy atom. The standard InChI is InChI=1S/C45H59N7O10/c53-34-9-8-30-22-35-45(61)23-32-31-4-1-2-5-33(31)52(41(32)43-44(45,40(30)42(34)62-43)10-13-51(35)24-29-6-7-29)12-3-11-46-36(54)25-47-14-16-48(26-37(55)56)18-20-50(28-39(59)60)21-19-49(17-15-47)27-38(57)58/h1-2,4-5,8-9,29,35,43,53,61H,3,6-7,10-28H2,(H,46,54)(H,55,56)(H,57,58)(H,59,60)/t35-,43-,44-,45+/m0/s1. The van der Waals surface area contributed by atoms with E-state index in [1.165, 1.54) is 12.8 Å². The van der Waals surface area contributed by atoms with Crippen molar-refractivity contribution in [1.29, 1.82) is 0 Å². The topological polar surface area (TPSA) is 212 Å². The number of hydrogen-bond donors (Lipinski definition) is 6. The van der Waals surface area contributed by atoms with Crippen LogP contribution in [0.5, 0.6) is 11.5 Å². The van der Waals surface area contributed by atoms with Crippen molar-refractivity contribution in [3.8, 4) is 11.5 Å². The molecular weight excluding hydrogens is 799 g/mol. The molecule has 4 heterocycles. The number of phenolic OH excluding ortho intramolecular Hbond substituents is 1. The predicted molar refractivity (Wildman–Crippen MR) is 226 cm³/mol. The number of aryl methyl sites for hydroxylation is 1. The molecule has 0 unspecified atom stereocenters. The number of piperidine rings is 1. The second-order valence-electron chi connectivity index (χ2n) is 18.4. The molecule has 1 amide bonds. The number of carboxylic acid groups (broad SMARTS) is 3. The number of aliphatic hydroxyl groups is 1. The second-order valence-corrected chi connectivity index (χ2v) is 18.4. The molecule has 3 aliphatic heterocycles. The van der Waals surface area contributed by atoms with Gasteiger partial charge in [0.2, 0.25) is 5.91 Å². The van der Waals surface area contributed by atoms with Crippen molar-refractivity contribution in [3.05, 3.63) is 58.8 Å². The van der Waals surface area contributed by atoms with E-state index >= 15 is 0 Å². The lowest BCUT2D eigenvalue weighted by Gasteiger charge is -2.63. The van der Waals surface area contributed by atoms with E-state index in [4.69, 9.17) is 4.74 Å². The number of benzene rings is 2. The number of nitrogens with zero attached hydrogens (tertiary/aromatic N) is 6. The van der Waals surface area contributed by atoms with Gasteiger partial charge >= 0.3 is 17.9 Å². The fourth-order valence-corrected chi connectivity index (χ4v) is 11.6. The minimum Gasteiger partial charge on any atom is -0.504 e. The van der Waals surface area contributed by atoms with Crippen molar-refractivity contribution in [2.45, 2.75) is 68.2 Å². The van der Waals surface area contributed by atoms with Crippen LogP contribution in [0.1, 0.15) is 54.2 Å². The van der Waals surface area contributed by atoms with Gasteiger partial charge in [-0.05, 0) is 67.8 Å². The van der Waals surface area contributed by atoms with Gasteiger partial charge in [0, 0.05) is 101 Å². The minimum absolute atomic E-state index is 0.0366. The van der Waals surface area contributed by atoms with Gasteiger partial charge in [-0.1, -0.05) is 24.3 Å². The largest absolute Gasteiger partial charge is 0.504 e. The van der Waals surface area contributed by atoms with Gasteiger partial charge in [-0.15, -0.1) is 0 Å². The quantitative estimate of drug-likeness (QED) is 0.125. The van der Waals surface area contributed by atoms with Gasteiger partial charge < -0.3 is 40.2 Å². The molecule has 1 aromatic heterocycles. The van der Waals surface area contributed by atoms with Crippen LogP contribution in [0.4, 0.5) is 0 Å². The molecule has 2 saturated heterocycles. The maximum atomic E-state index is 13.6. The fraction of sp³-hybridized carbons (Fsp3) is 0.600. The molecule has 0 radical (unpaired) electrons. The number of fused-ring (bicyclic) bond motifs is 4. The van der Waals surface area contributed by atoms with E-state index in [1.807, 2.05) is 23.1 Å². The molecule has 2 bridgehead atoms. The summed E-state index contributed by atoms with van der Waals surface area (Å²) in [5, 5.41) is 57.4. The number of carbonyl (C=O) groups is 4. The number of phenols is 1. The molecule has 334 valence electrons. The molecule has 6 N–H and O–H groups in total. The Morgan fingerprint density at radius 2 is 1.37 bits per heavy atom. The van der Waals surface area contributed by atoms with E-state index in [9.17, 15) is 44.7 Å². The lowest BCUT2D eigenvalue weighted by Crippen LogP contribution is -2.74. The first kappa shape index (κ1) is 42.5. The van der Waals surface area contributed by atoms with Crippen molar-refractivity contribution in [2.75, 3.05) is 98.2 Å². The maximum absolute atomic E-state index is 13.6. The first-order valence-electron chi connectivity index (χ1n) is 22.2. The summed E-state index contributed by atoms with van der Waals surface area (Å²) in [4.78, 5) is 58.2. The number of aromatic nitrogens is 1. The highest BCUT2D eigenvalue weighted by Crippen LogP contribution is 2.69. The normalized spacial score (nSPS) is 27.1. The third-order valence-electron chi connectivity index (χ3n) is 14.6. The third-order valence-corrected chi connectivity index (χ3v) is 14.6. The van der Waals surface area contributed by atoms with E-state index in [1.54, 1.807) is 20.8 Å². The highest BCUT2D eigenvalue weighted by atomic mass is 16.5. The zero-order chi connectivity index (χ0) is 43.3. The fourth-order valence-electron chi connectivity index (χ4n) is 11.6. The molecule has 17 nitrogen and oxygen atoms in total. The Kier molecular flexibility index (Phi) is 11.7. The van der Waals surface area contributed by atoms with Gasteiger partial charge in [-0.3, -0.25) is 43.7 Å². The van der Waals surface area contributed by atoms with Crippen LogP contribution in [0.3, 0.4) is 0 Å². The number of hydrogen-bond acceptors (Lipinski definition) is 12. The van der Waals surface area contributed by atoms with Gasteiger partial charge in [0.1, 0.15) is 0 Å². The lowest BCUT2D eigenvalue weighted by atomic mass is 9.49. The summed E-state index contributed by atoms with van der Waals surface area (Å²) in [6.45, 7) is 4.71. The van der Waals surface area contributed by atoms with E-state index in [0.29, 0.717) is 96.4 Å². The van der Waals surface area contributed by atoms with E-state index in [2.05, 4.69) is 26.9 Å². The summed E-state index contributed by atoms with van der Waals surface area (Å²) in [6.07, 6.45) is 4.50. The van der Waals surface area contributed by atoms with Crippen LogP contribution in [0.25, 0.3) is 10.9 Å². The monoisotopic (exact) mass is 857 g/mol. The number of amides is 1. The first-order chi connectivity index (χ1) is 29.8. The Morgan fingerprint density at radius 3 is 1.97 bits per heavy atom. The number of carboxylic acids is 3. The summed E-state index contributed by atoms with van der Waals surface area (Å²) < 4.78 is 9.24. The Bertz CT molecular complexity index is 2200. The molecular formula is C45H59N7O10. The first-order valence-corrected chi connectivity index (χ1v) is 22.2. The molecule has 62 heavy (non-hydrogen) atoms. The number of aromatic hydroxyl groups is 1. The summed E-state index contributed by atoms with van der Waals surface area (Å²) in [7, 11) is 0. The molecule has 17 heteroatoms. The SMILES string of the molecule is O=C(O)CN1CCN(CC(=O)O)CCN(CC(=O)NCCCn2c3c(c4ccccc42)C[C@@]2(O)[C@@H]4Cc5ccc(O)c6c5[C@@]2(CCN4CC2CC2)[C@H]3O6)CCN(CC(=O)O)CC1. The Balaban J connectivity index is 0.913. The van der Waals surface area contributed by atoms with Gasteiger partial charge in [-0.25, -0.2) is 0 Å². The average molecular weight is 858 g/mol. The molecule has 1 spiro atoms.